The number of rotatable bonds is 6. The van der Waals surface area contributed by atoms with Gasteiger partial charge in [0.1, 0.15) is 18.3 Å². The van der Waals surface area contributed by atoms with Crippen molar-refractivity contribution in [2.45, 2.75) is 65.3 Å². The summed E-state index contributed by atoms with van der Waals surface area (Å²) >= 11 is 0. The molecule has 0 spiro atoms. The molecule has 0 N–H and O–H groups in total. The Kier molecular flexibility index (Phi) is 6.05. The van der Waals surface area contributed by atoms with Gasteiger partial charge in [-0.05, 0) is 32.8 Å². The average molecular weight is 362 g/mol. The zero-order chi connectivity index (χ0) is 19.5. The maximum Gasteiger partial charge on any atom is 0.337 e. The molecule has 0 saturated carbocycles. The summed E-state index contributed by atoms with van der Waals surface area (Å²) in [6.07, 6.45) is 3.96. The van der Waals surface area contributed by atoms with Gasteiger partial charge >= 0.3 is 11.9 Å². The SMILES string of the molecule is C=C(C)C1CCC(C)=C[C@H]1OC(=O)CC(=O)CC1=CC(=O)OC(C)(C)O1. The lowest BCUT2D eigenvalue weighted by Crippen LogP contribution is -2.35. The second kappa shape index (κ2) is 7.89. The molecular formula is C20H26O6. The Morgan fingerprint density at radius 1 is 1.35 bits per heavy atom. The summed E-state index contributed by atoms with van der Waals surface area (Å²) in [5.41, 5.74) is 2.12. The normalized spacial score (nSPS) is 24.5. The van der Waals surface area contributed by atoms with Gasteiger partial charge < -0.3 is 14.2 Å². The first-order valence-corrected chi connectivity index (χ1v) is 8.72. The second-order valence-corrected chi connectivity index (χ2v) is 7.38. The topological polar surface area (TPSA) is 78.9 Å². The maximum atomic E-state index is 12.2. The minimum atomic E-state index is -1.12. The van der Waals surface area contributed by atoms with Crippen LogP contribution in [0.5, 0.6) is 0 Å². The van der Waals surface area contributed by atoms with Crippen molar-refractivity contribution in [2.24, 2.45) is 5.92 Å². The van der Waals surface area contributed by atoms with Crippen molar-refractivity contribution in [3.8, 4) is 0 Å². The van der Waals surface area contributed by atoms with Crippen LogP contribution in [-0.2, 0) is 28.6 Å². The van der Waals surface area contributed by atoms with Gasteiger partial charge in [-0.1, -0.05) is 17.7 Å². The van der Waals surface area contributed by atoms with Crippen molar-refractivity contribution < 1.29 is 28.6 Å². The van der Waals surface area contributed by atoms with Crippen LogP contribution in [0.1, 0.15) is 53.4 Å². The van der Waals surface area contributed by atoms with Crippen LogP contribution < -0.4 is 0 Å². The Labute approximate surface area is 153 Å². The first-order valence-electron chi connectivity index (χ1n) is 8.72. The van der Waals surface area contributed by atoms with E-state index < -0.39 is 17.7 Å². The van der Waals surface area contributed by atoms with Crippen molar-refractivity contribution in [1.82, 2.24) is 0 Å². The highest BCUT2D eigenvalue weighted by Crippen LogP contribution is 2.31. The number of esters is 2. The van der Waals surface area contributed by atoms with Crippen LogP contribution in [0.25, 0.3) is 0 Å². The van der Waals surface area contributed by atoms with Crippen LogP contribution in [0.3, 0.4) is 0 Å². The summed E-state index contributed by atoms with van der Waals surface area (Å²) < 4.78 is 15.9. The maximum absolute atomic E-state index is 12.2. The van der Waals surface area contributed by atoms with E-state index in [1.807, 2.05) is 19.9 Å². The van der Waals surface area contributed by atoms with E-state index in [9.17, 15) is 14.4 Å². The van der Waals surface area contributed by atoms with Crippen molar-refractivity contribution in [3.05, 3.63) is 35.6 Å². The second-order valence-electron chi connectivity index (χ2n) is 7.38. The molecular weight excluding hydrogens is 336 g/mol. The number of carbonyl (C=O) groups is 3. The average Bonchev–Trinajstić information content (AvgIpc) is 2.43. The van der Waals surface area contributed by atoms with Gasteiger partial charge in [0.15, 0.2) is 5.78 Å². The van der Waals surface area contributed by atoms with Crippen molar-refractivity contribution in [1.29, 1.82) is 0 Å². The molecule has 0 aromatic heterocycles. The van der Waals surface area contributed by atoms with E-state index in [4.69, 9.17) is 14.2 Å². The third-order valence-electron chi connectivity index (χ3n) is 4.31. The summed E-state index contributed by atoms with van der Waals surface area (Å²) in [7, 11) is 0. The number of hydrogen-bond donors (Lipinski definition) is 0. The fourth-order valence-electron chi connectivity index (χ4n) is 3.14. The van der Waals surface area contributed by atoms with E-state index in [0.717, 1.165) is 30.1 Å². The lowest BCUT2D eigenvalue weighted by atomic mass is 9.83. The van der Waals surface area contributed by atoms with Gasteiger partial charge in [-0.15, -0.1) is 0 Å². The molecule has 0 saturated heterocycles. The summed E-state index contributed by atoms with van der Waals surface area (Å²) in [6, 6.07) is 0. The summed E-state index contributed by atoms with van der Waals surface area (Å²) in [5.74, 6) is -2.40. The molecule has 1 aliphatic carbocycles. The van der Waals surface area contributed by atoms with Gasteiger partial charge in [0, 0.05) is 19.8 Å². The van der Waals surface area contributed by atoms with Crippen molar-refractivity contribution in [2.75, 3.05) is 0 Å². The molecule has 1 unspecified atom stereocenters. The van der Waals surface area contributed by atoms with Crippen molar-refractivity contribution >= 4 is 17.7 Å². The minimum Gasteiger partial charge on any atom is -0.457 e. The van der Waals surface area contributed by atoms with Crippen LogP contribution in [0.15, 0.2) is 35.6 Å². The fourth-order valence-corrected chi connectivity index (χ4v) is 3.14. The first-order chi connectivity index (χ1) is 12.1. The number of ketones is 1. The lowest BCUT2D eigenvalue weighted by Gasteiger charge is -2.30. The summed E-state index contributed by atoms with van der Waals surface area (Å²) in [6.45, 7) is 11.0. The predicted molar refractivity (Wildman–Crippen MR) is 94.8 cm³/mol. The first kappa shape index (κ1) is 19.9. The van der Waals surface area contributed by atoms with Crippen LogP contribution in [0.2, 0.25) is 0 Å². The molecule has 6 nitrogen and oxygen atoms in total. The van der Waals surface area contributed by atoms with Crippen LogP contribution in [0, 0.1) is 5.92 Å². The van der Waals surface area contributed by atoms with Crippen LogP contribution in [0.4, 0.5) is 0 Å². The number of ether oxygens (including phenoxy) is 3. The zero-order valence-electron chi connectivity index (χ0n) is 15.8. The Morgan fingerprint density at radius 3 is 2.65 bits per heavy atom. The van der Waals surface area contributed by atoms with E-state index in [-0.39, 0.29) is 36.4 Å². The Bertz CT molecular complexity index is 682. The smallest absolute Gasteiger partial charge is 0.337 e. The predicted octanol–water partition coefficient (Wildman–Crippen LogP) is 3.37. The molecule has 0 radical (unpaired) electrons. The van der Waals surface area contributed by atoms with E-state index in [1.54, 1.807) is 13.8 Å². The minimum absolute atomic E-state index is 0.0673. The number of carbonyl (C=O) groups excluding carboxylic acids is 3. The van der Waals surface area contributed by atoms with Gasteiger partial charge in [-0.2, -0.15) is 0 Å². The molecule has 0 aromatic carbocycles. The molecule has 2 atom stereocenters. The quantitative estimate of drug-likeness (QED) is 0.409. The standard InChI is InChI=1S/C20H26O6/c1-12(2)16-7-6-13(3)8-17(16)24-18(22)10-14(21)9-15-11-19(23)26-20(4,5)25-15/h8,11,16-17H,1,6-7,9-10H2,2-5H3/t16?,17-/m1/s1. The lowest BCUT2D eigenvalue weighted by molar-refractivity contribution is -0.205. The van der Waals surface area contributed by atoms with Crippen molar-refractivity contribution in [3.63, 3.8) is 0 Å². The monoisotopic (exact) mass is 362 g/mol. The third-order valence-corrected chi connectivity index (χ3v) is 4.31. The highest BCUT2D eigenvalue weighted by molar-refractivity contribution is 5.97. The Balaban J connectivity index is 1.93. The van der Waals surface area contributed by atoms with Gasteiger partial charge in [-0.3, -0.25) is 9.59 Å². The van der Waals surface area contributed by atoms with E-state index in [2.05, 4.69) is 6.58 Å². The third kappa shape index (κ3) is 5.58. The van der Waals surface area contributed by atoms with Crippen LogP contribution in [-0.4, -0.2) is 29.6 Å². The molecule has 26 heavy (non-hydrogen) atoms. The number of allylic oxidation sites excluding steroid dienone is 2. The molecule has 0 bridgehead atoms. The number of Topliss-reactive ketones (excluding diaryl/α,β-unsaturated/α-hetero) is 1. The highest BCUT2D eigenvalue weighted by atomic mass is 16.7. The largest absolute Gasteiger partial charge is 0.457 e. The molecule has 1 heterocycles. The van der Waals surface area contributed by atoms with E-state index in [1.165, 1.54) is 0 Å². The zero-order valence-corrected chi connectivity index (χ0v) is 15.8. The van der Waals surface area contributed by atoms with E-state index >= 15 is 0 Å². The number of hydrogen-bond acceptors (Lipinski definition) is 6. The number of cyclic esters (lactones) is 1. The molecule has 0 aromatic rings. The molecule has 0 fully saturated rings. The molecule has 1 aliphatic heterocycles. The van der Waals surface area contributed by atoms with Crippen LogP contribution >= 0.6 is 0 Å². The van der Waals surface area contributed by atoms with Gasteiger partial charge in [0.25, 0.3) is 0 Å². The molecule has 142 valence electrons. The van der Waals surface area contributed by atoms with Gasteiger partial charge in [0.05, 0.1) is 12.5 Å². The molecule has 2 rings (SSSR count). The van der Waals surface area contributed by atoms with Gasteiger partial charge in [0.2, 0.25) is 5.79 Å². The van der Waals surface area contributed by atoms with Gasteiger partial charge in [-0.25, -0.2) is 4.79 Å². The molecule has 0 amide bonds. The summed E-state index contributed by atoms with van der Waals surface area (Å²) in [4.78, 5) is 35.8. The molecule has 6 heteroatoms. The highest BCUT2D eigenvalue weighted by Gasteiger charge is 2.32. The fraction of sp³-hybridized carbons (Fsp3) is 0.550. The molecule has 2 aliphatic rings. The summed E-state index contributed by atoms with van der Waals surface area (Å²) in [5, 5.41) is 0. The Hall–Kier alpha value is -2.37. The van der Waals surface area contributed by atoms with E-state index in [0.29, 0.717) is 0 Å². The Morgan fingerprint density at radius 2 is 2.04 bits per heavy atom.